The first kappa shape index (κ1) is 22.9. The Labute approximate surface area is 188 Å². The molecule has 0 radical (unpaired) electrons. The number of carbonyl (C=O) groups excluding carboxylic acids is 2. The first-order valence-electron chi connectivity index (χ1n) is 9.84. The minimum atomic E-state index is -0.229. The number of hydrogen-bond acceptors (Lipinski definition) is 5. The number of rotatable bonds is 8. The van der Waals surface area contributed by atoms with E-state index in [1.807, 2.05) is 12.1 Å². The van der Waals surface area contributed by atoms with Gasteiger partial charge < -0.3 is 9.80 Å². The second-order valence-electron chi connectivity index (χ2n) is 7.55. The van der Waals surface area contributed by atoms with Gasteiger partial charge in [-0.2, -0.15) is 0 Å². The van der Waals surface area contributed by atoms with Gasteiger partial charge >= 0.3 is 0 Å². The van der Waals surface area contributed by atoms with Crippen LogP contribution in [-0.2, 0) is 4.79 Å². The summed E-state index contributed by atoms with van der Waals surface area (Å²) in [7, 11) is 3.40. The van der Waals surface area contributed by atoms with Crippen molar-refractivity contribution < 1.29 is 14.0 Å². The van der Waals surface area contributed by atoms with Gasteiger partial charge in [0.25, 0.3) is 5.91 Å². The number of halogens is 2. The maximum absolute atomic E-state index is 13.4. The number of amides is 2. The van der Waals surface area contributed by atoms with E-state index in [2.05, 4.69) is 26.8 Å². The Balaban J connectivity index is 1.38. The molecule has 9 heteroatoms. The zero-order chi connectivity index (χ0) is 21.7. The summed E-state index contributed by atoms with van der Waals surface area (Å²) in [6.45, 7) is 0.671. The minimum Gasteiger partial charge on any atom is -0.344 e. The number of hydrazine groups is 1. The van der Waals surface area contributed by atoms with Crippen molar-refractivity contribution in [1.82, 2.24) is 20.7 Å². The third kappa shape index (κ3) is 6.10. The highest BCUT2D eigenvalue weighted by atomic mass is 79.9. The van der Waals surface area contributed by atoms with Crippen molar-refractivity contribution in [3.63, 3.8) is 0 Å². The van der Waals surface area contributed by atoms with Gasteiger partial charge in [0, 0.05) is 32.7 Å². The van der Waals surface area contributed by atoms with Gasteiger partial charge in [-0.05, 0) is 65.0 Å². The monoisotopic (exact) mass is 496 g/mol. The fraction of sp³-hybridized carbons (Fsp3) is 0.429. The molecule has 1 aromatic heterocycles. The Morgan fingerprint density at radius 2 is 2.00 bits per heavy atom. The Kier molecular flexibility index (Phi) is 7.99. The quantitative estimate of drug-likeness (QED) is 0.586. The standard InChI is InChI=1S/C21H26BrFN4O2S/c1-26(20(28)13-27(2)21(29)18-8-9-19(22)30-18)10-4-7-16-12-17(25-24-16)14-5-3-6-15(23)11-14/h3,5-6,8-9,11,16-17,24-25H,4,7,10,12-13H2,1-2H3. The van der Waals surface area contributed by atoms with Gasteiger partial charge in [-0.1, -0.05) is 12.1 Å². The molecule has 1 aliphatic rings. The fourth-order valence-corrected chi connectivity index (χ4v) is 4.85. The maximum atomic E-state index is 13.4. The Hall–Kier alpha value is -1.81. The van der Waals surface area contributed by atoms with Crippen LogP contribution in [0.2, 0.25) is 0 Å². The number of carbonyl (C=O) groups is 2. The highest BCUT2D eigenvalue weighted by Gasteiger charge is 2.25. The lowest BCUT2D eigenvalue weighted by molar-refractivity contribution is -0.130. The van der Waals surface area contributed by atoms with Crippen molar-refractivity contribution in [2.45, 2.75) is 31.3 Å². The van der Waals surface area contributed by atoms with E-state index in [0.29, 0.717) is 11.4 Å². The summed E-state index contributed by atoms with van der Waals surface area (Å²) in [6.07, 6.45) is 2.61. The molecule has 2 unspecified atom stereocenters. The van der Waals surface area contributed by atoms with Gasteiger partial charge in [0.05, 0.1) is 15.2 Å². The number of nitrogens with one attached hydrogen (secondary N) is 2. The van der Waals surface area contributed by atoms with Crippen LogP contribution in [0.3, 0.4) is 0 Å². The molecule has 0 spiro atoms. The smallest absolute Gasteiger partial charge is 0.264 e. The minimum absolute atomic E-state index is 0.0513. The van der Waals surface area contributed by atoms with Crippen LogP contribution in [0.15, 0.2) is 40.2 Å². The SMILES string of the molecule is CN(CCCC1CC(c2cccc(F)c2)NN1)C(=O)CN(C)C(=O)c1ccc(Br)s1. The van der Waals surface area contributed by atoms with Crippen molar-refractivity contribution in [3.05, 3.63) is 56.4 Å². The van der Waals surface area contributed by atoms with Gasteiger partial charge in [-0.3, -0.25) is 20.4 Å². The molecule has 1 saturated heterocycles. The predicted molar refractivity (Wildman–Crippen MR) is 120 cm³/mol. The second-order valence-corrected chi connectivity index (χ2v) is 10.0. The first-order chi connectivity index (χ1) is 14.3. The van der Waals surface area contributed by atoms with Gasteiger partial charge in [-0.25, -0.2) is 4.39 Å². The molecule has 1 aliphatic heterocycles. The van der Waals surface area contributed by atoms with E-state index in [9.17, 15) is 14.0 Å². The average Bonchev–Trinajstić information content (AvgIpc) is 3.36. The van der Waals surface area contributed by atoms with E-state index in [4.69, 9.17) is 0 Å². The van der Waals surface area contributed by atoms with E-state index in [1.165, 1.54) is 22.3 Å². The summed E-state index contributed by atoms with van der Waals surface area (Å²) in [5, 5.41) is 0. The number of thiophene rings is 1. The molecule has 2 heterocycles. The zero-order valence-corrected chi connectivity index (χ0v) is 19.4. The normalized spacial score (nSPS) is 18.4. The molecule has 2 atom stereocenters. The molecule has 2 aromatic rings. The van der Waals surface area contributed by atoms with Crippen LogP contribution >= 0.6 is 27.3 Å². The van der Waals surface area contributed by atoms with Crippen LogP contribution in [0.4, 0.5) is 4.39 Å². The molecule has 1 fully saturated rings. The van der Waals surface area contributed by atoms with Crippen LogP contribution in [-0.4, -0.2) is 54.8 Å². The lowest BCUT2D eigenvalue weighted by Gasteiger charge is -2.22. The summed E-state index contributed by atoms with van der Waals surface area (Å²) in [5.41, 5.74) is 7.42. The molecule has 3 rings (SSSR count). The molecule has 0 saturated carbocycles. The molecule has 2 amide bonds. The molecule has 1 aromatic carbocycles. The van der Waals surface area contributed by atoms with E-state index >= 15 is 0 Å². The van der Waals surface area contributed by atoms with E-state index in [-0.39, 0.29) is 36.3 Å². The molecule has 2 N–H and O–H groups in total. The number of nitrogens with zero attached hydrogens (tertiary/aromatic N) is 2. The summed E-state index contributed by atoms with van der Waals surface area (Å²) in [5.74, 6) is -0.471. The van der Waals surface area contributed by atoms with E-state index < -0.39 is 0 Å². The summed E-state index contributed by atoms with van der Waals surface area (Å²) in [6, 6.07) is 10.6. The van der Waals surface area contributed by atoms with Crippen LogP contribution in [0.1, 0.15) is 40.5 Å². The Morgan fingerprint density at radius 3 is 2.70 bits per heavy atom. The number of hydrogen-bond donors (Lipinski definition) is 2. The van der Waals surface area contributed by atoms with Crippen LogP contribution in [0.5, 0.6) is 0 Å². The number of benzene rings is 1. The molecule has 0 aliphatic carbocycles. The lowest BCUT2D eigenvalue weighted by atomic mass is 9.99. The Bertz CT molecular complexity index is 893. The number of likely N-dealkylation sites (N-methyl/N-ethyl adjacent to an activating group) is 2. The van der Waals surface area contributed by atoms with Crippen LogP contribution in [0, 0.1) is 5.82 Å². The first-order valence-corrected chi connectivity index (χ1v) is 11.5. The summed E-state index contributed by atoms with van der Waals surface area (Å²) in [4.78, 5) is 28.6. The summed E-state index contributed by atoms with van der Waals surface area (Å²) < 4.78 is 14.3. The van der Waals surface area contributed by atoms with Crippen molar-refractivity contribution in [2.75, 3.05) is 27.2 Å². The highest BCUT2D eigenvalue weighted by molar-refractivity contribution is 9.11. The second kappa shape index (κ2) is 10.5. The molecule has 0 bridgehead atoms. The van der Waals surface area contributed by atoms with Gasteiger partial charge in [-0.15, -0.1) is 11.3 Å². The predicted octanol–water partition coefficient (Wildman–Crippen LogP) is 3.57. The van der Waals surface area contributed by atoms with Crippen molar-refractivity contribution >= 4 is 39.1 Å². The summed E-state index contributed by atoms with van der Waals surface area (Å²) >= 11 is 4.70. The molecule has 6 nitrogen and oxygen atoms in total. The van der Waals surface area contributed by atoms with Crippen LogP contribution < -0.4 is 10.9 Å². The topological polar surface area (TPSA) is 64.7 Å². The van der Waals surface area contributed by atoms with E-state index in [1.54, 1.807) is 37.2 Å². The molecular formula is C21H26BrFN4O2S. The maximum Gasteiger partial charge on any atom is 0.264 e. The molecule has 30 heavy (non-hydrogen) atoms. The zero-order valence-electron chi connectivity index (χ0n) is 17.0. The largest absolute Gasteiger partial charge is 0.344 e. The van der Waals surface area contributed by atoms with Crippen molar-refractivity contribution in [3.8, 4) is 0 Å². The van der Waals surface area contributed by atoms with Crippen LogP contribution in [0.25, 0.3) is 0 Å². The van der Waals surface area contributed by atoms with Gasteiger partial charge in [0.1, 0.15) is 5.82 Å². The molecule has 162 valence electrons. The third-order valence-corrected chi connectivity index (χ3v) is 6.82. The lowest BCUT2D eigenvalue weighted by Crippen LogP contribution is -2.39. The van der Waals surface area contributed by atoms with Crippen molar-refractivity contribution in [1.29, 1.82) is 0 Å². The third-order valence-electron chi connectivity index (χ3n) is 5.21. The molecular weight excluding hydrogens is 471 g/mol. The average molecular weight is 497 g/mol. The van der Waals surface area contributed by atoms with Crippen molar-refractivity contribution in [2.24, 2.45) is 0 Å². The Morgan fingerprint density at radius 1 is 1.20 bits per heavy atom. The van der Waals surface area contributed by atoms with E-state index in [0.717, 1.165) is 28.6 Å². The van der Waals surface area contributed by atoms with Gasteiger partial charge in [0.15, 0.2) is 0 Å². The highest BCUT2D eigenvalue weighted by Crippen LogP contribution is 2.25. The fourth-order valence-electron chi connectivity index (χ4n) is 3.47. The van der Waals surface area contributed by atoms with Gasteiger partial charge in [0.2, 0.25) is 5.91 Å².